The third-order valence-electron chi connectivity index (χ3n) is 5.22. The molecule has 0 saturated heterocycles. The highest BCUT2D eigenvalue weighted by Crippen LogP contribution is 2.29. The number of hydrogen-bond acceptors (Lipinski definition) is 2. The Morgan fingerprint density at radius 1 is 0.565 bits per heavy atom. The van der Waals surface area contributed by atoms with E-state index in [4.69, 9.17) is 8.85 Å². The van der Waals surface area contributed by atoms with E-state index in [0.717, 1.165) is 0 Å². The summed E-state index contributed by atoms with van der Waals surface area (Å²) in [6, 6.07) is 0. The van der Waals surface area contributed by atoms with Gasteiger partial charge >= 0.3 is 0 Å². The second-order valence-corrected chi connectivity index (χ2v) is 11.3. The van der Waals surface area contributed by atoms with Crippen LogP contribution in [0.25, 0.3) is 0 Å². The average Bonchev–Trinajstić information content (AvgIpc) is 2.55. The molecule has 0 spiro atoms. The molecule has 23 heavy (non-hydrogen) atoms. The van der Waals surface area contributed by atoms with Crippen molar-refractivity contribution in [3.63, 3.8) is 0 Å². The second kappa shape index (κ2) is 13.6. The van der Waals surface area contributed by atoms with Crippen LogP contribution in [0.5, 0.6) is 0 Å². The van der Waals surface area contributed by atoms with Crippen molar-refractivity contribution in [2.24, 2.45) is 0 Å². The lowest BCUT2D eigenvalue weighted by Gasteiger charge is -2.35. The van der Waals surface area contributed by atoms with E-state index < -0.39 is 19.5 Å². The molecule has 2 nitrogen and oxygen atoms in total. The molecule has 0 N–H and O–H groups in total. The Hall–Kier alpha value is 0.354. The molecule has 0 atom stereocenters. The molecule has 140 valence electrons. The minimum Gasteiger partial charge on any atom is -0.419 e. The third-order valence-corrected chi connectivity index (χ3v) is 9.16. The van der Waals surface area contributed by atoms with E-state index in [0.29, 0.717) is 0 Å². The Morgan fingerprint density at radius 2 is 0.870 bits per heavy atom. The Bertz CT molecular complexity index is 234. The molecule has 0 aliphatic rings. The van der Waals surface area contributed by atoms with Gasteiger partial charge in [-0.05, 0) is 44.2 Å². The molecule has 4 heteroatoms. The molecule has 0 aliphatic carbocycles. The molecule has 0 bridgehead atoms. The molecule has 0 radical (unpaired) electrons. The molecule has 0 aromatic rings. The van der Waals surface area contributed by atoms with Crippen molar-refractivity contribution >= 4 is 19.5 Å². The Kier molecular flexibility index (Phi) is 13.8. The van der Waals surface area contributed by atoms with Crippen molar-refractivity contribution in [2.75, 3.05) is 0 Å². The van der Waals surface area contributed by atoms with Crippen LogP contribution >= 0.6 is 0 Å². The van der Waals surface area contributed by atoms with Gasteiger partial charge in [0.2, 0.25) is 0 Å². The fourth-order valence-electron chi connectivity index (χ4n) is 3.91. The van der Waals surface area contributed by atoms with E-state index in [2.05, 4.69) is 41.5 Å². The van der Waals surface area contributed by atoms with Crippen LogP contribution in [0, 0.1) is 0 Å². The van der Waals surface area contributed by atoms with Gasteiger partial charge in [-0.2, -0.15) is 0 Å². The summed E-state index contributed by atoms with van der Waals surface area (Å²) in [6.45, 7) is 13.8. The number of hydrogen-bond donors (Lipinski definition) is 0. The van der Waals surface area contributed by atoms with Gasteiger partial charge in [-0.1, -0.05) is 67.2 Å². The first kappa shape index (κ1) is 23.4. The molecule has 0 aliphatic heterocycles. The van der Waals surface area contributed by atoms with Crippen LogP contribution in [0.2, 0.25) is 5.67 Å². The summed E-state index contributed by atoms with van der Waals surface area (Å²) in [7, 11) is -0.824. The molecular formula is C19H44O2Si2. The SMILES string of the molecule is CCCC(CC)(CCC)O[SiH2]C[SiH2]OC(CC)(CCC)CCC. The second-order valence-electron chi connectivity index (χ2n) is 7.12. The van der Waals surface area contributed by atoms with E-state index in [9.17, 15) is 0 Å². The summed E-state index contributed by atoms with van der Waals surface area (Å²) in [4.78, 5) is 0. The van der Waals surface area contributed by atoms with E-state index in [1.165, 1.54) is 69.9 Å². The summed E-state index contributed by atoms with van der Waals surface area (Å²) in [6.07, 6.45) is 12.2. The van der Waals surface area contributed by atoms with Gasteiger partial charge in [0.25, 0.3) is 0 Å². The zero-order valence-electron chi connectivity index (χ0n) is 17.0. The minimum absolute atomic E-state index is 0.193. The molecule has 0 fully saturated rings. The van der Waals surface area contributed by atoms with Crippen molar-refractivity contribution in [1.29, 1.82) is 0 Å². The van der Waals surface area contributed by atoms with E-state index in [-0.39, 0.29) is 11.2 Å². The first-order valence-corrected chi connectivity index (χ1v) is 13.5. The molecule has 0 saturated carbocycles. The van der Waals surface area contributed by atoms with E-state index in [1.54, 1.807) is 0 Å². The zero-order valence-corrected chi connectivity index (χ0v) is 19.8. The van der Waals surface area contributed by atoms with Crippen LogP contribution in [0.1, 0.15) is 106 Å². The van der Waals surface area contributed by atoms with Gasteiger partial charge in [-0.15, -0.1) is 0 Å². The zero-order chi connectivity index (χ0) is 17.6. The fourth-order valence-corrected chi connectivity index (χ4v) is 7.39. The Balaban J connectivity index is 4.30. The lowest BCUT2D eigenvalue weighted by atomic mass is 9.90. The van der Waals surface area contributed by atoms with Crippen LogP contribution in [-0.2, 0) is 8.85 Å². The molecule has 0 unspecified atom stereocenters. The van der Waals surface area contributed by atoms with Crippen LogP contribution < -0.4 is 0 Å². The van der Waals surface area contributed by atoms with Gasteiger partial charge in [-0.3, -0.25) is 0 Å². The molecule has 0 heterocycles. The summed E-state index contributed by atoms with van der Waals surface area (Å²) in [5, 5.41) is 0. The standard InChI is InChI=1S/C19H44O2Si2/c1-7-13-18(11-5,14-8-2)20-22-17-23-21-19(12-6,15-9-3)16-10-4/h7-17,22-23H2,1-6H3. The summed E-state index contributed by atoms with van der Waals surface area (Å²) >= 11 is 0. The van der Waals surface area contributed by atoms with Crippen molar-refractivity contribution in [3.05, 3.63) is 0 Å². The van der Waals surface area contributed by atoms with Gasteiger partial charge < -0.3 is 8.85 Å². The minimum atomic E-state index is -0.412. The van der Waals surface area contributed by atoms with Gasteiger partial charge in [0.05, 0.1) is 11.2 Å². The van der Waals surface area contributed by atoms with Gasteiger partial charge in [-0.25, -0.2) is 0 Å². The lowest BCUT2D eigenvalue weighted by molar-refractivity contribution is 0.0438. The van der Waals surface area contributed by atoms with Crippen LogP contribution in [0.4, 0.5) is 0 Å². The van der Waals surface area contributed by atoms with Crippen LogP contribution in [0.15, 0.2) is 0 Å². The maximum absolute atomic E-state index is 6.52. The van der Waals surface area contributed by atoms with Gasteiger partial charge in [0.15, 0.2) is 19.5 Å². The first-order chi connectivity index (χ1) is 11.1. The molecule has 0 rings (SSSR count). The molecule has 0 amide bonds. The predicted octanol–water partition coefficient (Wildman–Crippen LogP) is 5.06. The van der Waals surface area contributed by atoms with Crippen LogP contribution in [0.3, 0.4) is 0 Å². The Labute approximate surface area is 151 Å². The predicted molar refractivity (Wildman–Crippen MR) is 110 cm³/mol. The molecular weight excluding hydrogens is 316 g/mol. The smallest absolute Gasteiger partial charge is 0.161 e. The fraction of sp³-hybridized carbons (Fsp3) is 1.00. The van der Waals surface area contributed by atoms with Gasteiger partial charge in [0, 0.05) is 0 Å². The topological polar surface area (TPSA) is 18.5 Å². The highest BCUT2D eigenvalue weighted by Gasteiger charge is 2.28. The first-order valence-electron chi connectivity index (χ1n) is 10.3. The quantitative estimate of drug-likeness (QED) is 0.283. The van der Waals surface area contributed by atoms with Gasteiger partial charge in [0.1, 0.15) is 0 Å². The summed E-state index contributed by atoms with van der Waals surface area (Å²) in [5.74, 6) is 0. The van der Waals surface area contributed by atoms with Crippen LogP contribution in [-0.4, -0.2) is 30.7 Å². The van der Waals surface area contributed by atoms with Crippen molar-refractivity contribution < 1.29 is 8.85 Å². The highest BCUT2D eigenvalue weighted by atomic mass is 28.3. The van der Waals surface area contributed by atoms with Crippen molar-refractivity contribution in [1.82, 2.24) is 0 Å². The summed E-state index contributed by atoms with van der Waals surface area (Å²) < 4.78 is 13.0. The third kappa shape index (κ3) is 8.85. The largest absolute Gasteiger partial charge is 0.419 e. The average molecular weight is 361 g/mol. The van der Waals surface area contributed by atoms with Crippen molar-refractivity contribution in [2.45, 2.75) is 123 Å². The maximum Gasteiger partial charge on any atom is 0.161 e. The van der Waals surface area contributed by atoms with E-state index in [1.807, 2.05) is 0 Å². The Morgan fingerprint density at radius 3 is 1.09 bits per heavy atom. The number of rotatable bonds is 16. The summed E-state index contributed by atoms with van der Waals surface area (Å²) in [5.41, 5.74) is 1.68. The highest BCUT2D eigenvalue weighted by molar-refractivity contribution is 6.48. The molecule has 0 aromatic carbocycles. The monoisotopic (exact) mass is 360 g/mol. The normalized spacial score (nSPS) is 13.8. The lowest BCUT2D eigenvalue weighted by Crippen LogP contribution is -2.36. The molecule has 0 aromatic heterocycles. The van der Waals surface area contributed by atoms with E-state index >= 15 is 0 Å². The van der Waals surface area contributed by atoms with Crippen molar-refractivity contribution in [3.8, 4) is 0 Å². The maximum atomic E-state index is 6.52.